The number of allylic oxidation sites excluding steroid dienone is 2. The van der Waals surface area contributed by atoms with Crippen LogP contribution in [0.2, 0.25) is 0 Å². The number of hydrogen-bond donors (Lipinski definition) is 0. The third-order valence-electron chi connectivity index (χ3n) is 7.34. The fraction of sp³-hybridized carbons (Fsp3) is 0.556. The summed E-state index contributed by atoms with van der Waals surface area (Å²) < 4.78 is 10.8. The molecular weight excluding hydrogens is 420 g/mol. The maximum absolute atomic E-state index is 12.3. The number of ether oxygens (including phenoxy) is 2. The van der Waals surface area contributed by atoms with Gasteiger partial charge >= 0.3 is 11.9 Å². The van der Waals surface area contributed by atoms with E-state index >= 15 is 0 Å². The molecule has 0 unspecified atom stereocenters. The molecule has 6 nitrogen and oxygen atoms in total. The van der Waals surface area contributed by atoms with Gasteiger partial charge in [0, 0.05) is 31.7 Å². The molecule has 0 amide bonds. The molecule has 0 aliphatic heterocycles. The summed E-state index contributed by atoms with van der Waals surface area (Å²) in [6.45, 7) is 12.8. The number of carbonyl (C=O) groups excluding carboxylic acids is 4. The molecule has 0 bridgehead atoms. The highest BCUT2D eigenvalue weighted by Gasteiger charge is 2.43. The van der Waals surface area contributed by atoms with E-state index in [2.05, 4.69) is 13.8 Å². The number of hydrogen-bond acceptors (Lipinski definition) is 6. The molecule has 1 aromatic rings. The van der Waals surface area contributed by atoms with Gasteiger partial charge in [0.2, 0.25) is 0 Å². The summed E-state index contributed by atoms with van der Waals surface area (Å²) in [7, 11) is 0. The first-order valence-corrected chi connectivity index (χ1v) is 11.6. The molecule has 1 saturated carbocycles. The first-order chi connectivity index (χ1) is 15.4. The lowest BCUT2D eigenvalue weighted by Gasteiger charge is -2.44. The fourth-order valence-corrected chi connectivity index (χ4v) is 4.67. The van der Waals surface area contributed by atoms with Gasteiger partial charge in [0.25, 0.3) is 0 Å². The van der Waals surface area contributed by atoms with E-state index in [1.54, 1.807) is 13.0 Å². The number of benzene rings is 1. The van der Waals surface area contributed by atoms with Gasteiger partial charge in [0.1, 0.15) is 17.3 Å². The smallest absolute Gasteiger partial charge is 0.308 e. The van der Waals surface area contributed by atoms with Crippen LogP contribution in [0.4, 0.5) is 0 Å². The summed E-state index contributed by atoms with van der Waals surface area (Å²) >= 11 is 0. The number of esters is 2. The number of carbonyl (C=O) groups is 4. The summed E-state index contributed by atoms with van der Waals surface area (Å²) in [5.74, 6) is 0.196. The van der Waals surface area contributed by atoms with Crippen LogP contribution in [-0.2, 0) is 20.8 Å². The molecule has 0 aromatic heterocycles. The third kappa shape index (κ3) is 6.18. The van der Waals surface area contributed by atoms with Crippen molar-refractivity contribution in [2.75, 3.05) is 0 Å². The molecule has 180 valence electrons. The lowest BCUT2D eigenvalue weighted by molar-refractivity contribution is -0.133. The summed E-state index contributed by atoms with van der Waals surface area (Å²) in [5, 5.41) is 0. The predicted molar refractivity (Wildman–Crippen MR) is 127 cm³/mol. The van der Waals surface area contributed by atoms with Crippen molar-refractivity contribution in [3.8, 4) is 11.5 Å². The fourth-order valence-electron chi connectivity index (χ4n) is 4.67. The second-order valence-electron chi connectivity index (χ2n) is 9.61. The highest BCUT2D eigenvalue weighted by molar-refractivity contribution is 5.86. The van der Waals surface area contributed by atoms with Crippen LogP contribution in [0.25, 0.3) is 0 Å². The monoisotopic (exact) mass is 456 g/mol. The standard InChI is InChI=1S/C27H36O6/c1-16(12-13-27(7)18(3)9-11-24(31)19(27)4)8-10-22-25(32-20(5)29)14-17(2)23(15-28)26(22)33-21(6)30/h8,14-15,18-19H,9-13H2,1-7H3/b16-8+/t18-,19+,27+/m1/s1. The molecule has 0 radical (unpaired) electrons. The summed E-state index contributed by atoms with van der Waals surface area (Å²) in [6.07, 6.45) is 6.28. The second-order valence-corrected chi connectivity index (χ2v) is 9.61. The van der Waals surface area contributed by atoms with Gasteiger partial charge in [-0.1, -0.05) is 32.4 Å². The van der Waals surface area contributed by atoms with Gasteiger partial charge in [0.15, 0.2) is 6.29 Å². The Morgan fingerprint density at radius 2 is 1.79 bits per heavy atom. The Hall–Kier alpha value is -2.76. The molecular formula is C27H36O6. The van der Waals surface area contributed by atoms with E-state index in [-0.39, 0.29) is 28.4 Å². The van der Waals surface area contributed by atoms with Gasteiger partial charge in [-0.2, -0.15) is 0 Å². The highest BCUT2D eigenvalue weighted by Crippen LogP contribution is 2.47. The van der Waals surface area contributed by atoms with Crippen LogP contribution >= 0.6 is 0 Å². The van der Waals surface area contributed by atoms with E-state index in [4.69, 9.17) is 9.47 Å². The second kappa shape index (κ2) is 10.9. The highest BCUT2D eigenvalue weighted by atomic mass is 16.5. The predicted octanol–water partition coefficient (Wildman–Crippen LogP) is 5.57. The van der Waals surface area contributed by atoms with Crippen LogP contribution in [-0.4, -0.2) is 24.0 Å². The van der Waals surface area contributed by atoms with Crippen LogP contribution in [0.5, 0.6) is 11.5 Å². The Bertz CT molecular complexity index is 973. The zero-order chi connectivity index (χ0) is 24.9. The average molecular weight is 457 g/mol. The van der Waals surface area contributed by atoms with Crippen molar-refractivity contribution in [1.29, 1.82) is 0 Å². The minimum Gasteiger partial charge on any atom is -0.426 e. The quantitative estimate of drug-likeness (QED) is 0.220. The van der Waals surface area contributed by atoms with Gasteiger partial charge < -0.3 is 9.47 Å². The largest absolute Gasteiger partial charge is 0.426 e. The Morgan fingerprint density at radius 1 is 1.15 bits per heavy atom. The Kier molecular flexibility index (Phi) is 8.76. The lowest BCUT2D eigenvalue weighted by atomic mass is 9.59. The zero-order valence-electron chi connectivity index (χ0n) is 20.9. The zero-order valence-corrected chi connectivity index (χ0v) is 20.9. The summed E-state index contributed by atoms with van der Waals surface area (Å²) in [6, 6.07) is 1.62. The van der Waals surface area contributed by atoms with Crippen molar-refractivity contribution < 1.29 is 28.7 Å². The number of Topliss-reactive ketones (excluding diaryl/α,β-unsaturated/α-hetero) is 1. The molecule has 3 atom stereocenters. The van der Waals surface area contributed by atoms with Crippen molar-refractivity contribution in [3.05, 3.63) is 34.4 Å². The normalized spacial score (nSPS) is 23.2. The molecule has 0 spiro atoms. The van der Waals surface area contributed by atoms with Gasteiger partial charge in [-0.15, -0.1) is 0 Å². The Balaban J connectivity index is 2.34. The van der Waals surface area contributed by atoms with Crippen molar-refractivity contribution in [2.45, 2.75) is 80.6 Å². The lowest BCUT2D eigenvalue weighted by Crippen LogP contribution is -2.41. The van der Waals surface area contributed by atoms with Gasteiger partial charge in [-0.25, -0.2) is 0 Å². The molecule has 33 heavy (non-hydrogen) atoms. The molecule has 1 fully saturated rings. The number of aryl methyl sites for hydroxylation is 1. The minimum absolute atomic E-state index is 0.0347. The van der Waals surface area contributed by atoms with E-state index < -0.39 is 11.9 Å². The van der Waals surface area contributed by atoms with E-state index in [1.165, 1.54) is 13.8 Å². The summed E-state index contributed by atoms with van der Waals surface area (Å²) in [5.41, 5.74) is 2.36. The van der Waals surface area contributed by atoms with Crippen molar-refractivity contribution in [2.24, 2.45) is 17.3 Å². The SMILES string of the molecule is CC(=O)Oc1cc(C)c(C=O)c(OC(C)=O)c1C/C=C(\C)CC[C@@]1(C)[C@H](C)CCC(=O)[C@@H]1C. The Morgan fingerprint density at radius 3 is 2.36 bits per heavy atom. The number of aldehydes is 1. The average Bonchev–Trinajstić information content (AvgIpc) is 2.72. The minimum atomic E-state index is -0.558. The molecule has 0 heterocycles. The Labute approximate surface area is 196 Å². The van der Waals surface area contributed by atoms with Gasteiger partial charge in [-0.05, 0) is 62.5 Å². The topological polar surface area (TPSA) is 86.7 Å². The molecule has 6 heteroatoms. The van der Waals surface area contributed by atoms with Crippen molar-refractivity contribution in [1.82, 2.24) is 0 Å². The third-order valence-corrected chi connectivity index (χ3v) is 7.34. The first kappa shape index (κ1) is 26.5. The maximum atomic E-state index is 12.3. The van der Waals surface area contributed by atoms with E-state index in [1.807, 2.05) is 19.9 Å². The van der Waals surface area contributed by atoms with E-state index in [9.17, 15) is 19.2 Å². The van der Waals surface area contributed by atoms with Crippen molar-refractivity contribution in [3.63, 3.8) is 0 Å². The van der Waals surface area contributed by atoms with Crippen LogP contribution in [0, 0.1) is 24.2 Å². The van der Waals surface area contributed by atoms with Crippen LogP contribution in [0.3, 0.4) is 0 Å². The van der Waals surface area contributed by atoms with Crippen molar-refractivity contribution >= 4 is 24.0 Å². The number of rotatable bonds is 8. The number of ketones is 1. The molecule has 1 aliphatic rings. The van der Waals surface area contributed by atoms with Crippen LogP contribution < -0.4 is 9.47 Å². The van der Waals surface area contributed by atoms with Gasteiger partial charge in [0.05, 0.1) is 5.56 Å². The van der Waals surface area contributed by atoms with Crippen LogP contribution in [0.15, 0.2) is 17.7 Å². The molecule has 0 N–H and O–H groups in total. The molecule has 1 aromatic carbocycles. The maximum Gasteiger partial charge on any atom is 0.308 e. The first-order valence-electron chi connectivity index (χ1n) is 11.6. The van der Waals surface area contributed by atoms with E-state index in [0.717, 1.165) is 24.8 Å². The van der Waals surface area contributed by atoms with Crippen LogP contribution in [0.1, 0.15) is 88.7 Å². The van der Waals surface area contributed by atoms with Gasteiger partial charge in [-0.3, -0.25) is 19.2 Å². The van der Waals surface area contributed by atoms with E-state index in [0.29, 0.717) is 42.0 Å². The molecule has 0 saturated heterocycles. The molecule has 1 aliphatic carbocycles. The summed E-state index contributed by atoms with van der Waals surface area (Å²) in [4.78, 5) is 47.4. The molecule has 2 rings (SSSR count).